The summed E-state index contributed by atoms with van der Waals surface area (Å²) in [5, 5.41) is 0. The average Bonchev–Trinajstić information content (AvgIpc) is 3.44. The van der Waals surface area contributed by atoms with E-state index in [9.17, 15) is 13.2 Å². The Labute approximate surface area is 187 Å². The van der Waals surface area contributed by atoms with Gasteiger partial charge in [-0.15, -0.1) is 0 Å². The summed E-state index contributed by atoms with van der Waals surface area (Å²) in [5.41, 5.74) is 1.47. The van der Waals surface area contributed by atoms with Gasteiger partial charge < -0.3 is 4.90 Å². The fraction of sp³-hybridized carbons (Fsp3) is 0.435. The van der Waals surface area contributed by atoms with Crippen molar-refractivity contribution in [1.29, 1.82) is 0 Å². The molecule has 0 spiro atoms. The van der Waals surface area contributed by atoms with Crippen LogP contribution in [0.25, 0.3) is 0 Å². The molecule has 160 valence electrons. The van der Waals surface area contributed by atoms with Crippen molar-refractivity contribution in [1.82, 2.24) is 9.21 Å². The second kappa shape index (κ2) is 8.81. The van der Waals surface area contributed by atoms with Gasteiger partial charge in [-0.2, -0.15) is 4.31 Å². The molecule has 7 heteroatoms. The molecule has 1 aliphatic heterocycles. The van der Waals surface area contributed by atoms with E-state index in [1.807, 2.05) is 35.2 Å². The smallest absolute Gasteiger partial charge is 0.255 e. The molecule has 5 nitrogen and oxygen atoms in total. The summed E-state index contributed by atoms with van der Waals surface area (Å²) in [5.74, 6) is 0.372. The minimum absolute atomic E-state index is 0.100. The average molecular weight is 491 g/mol. The molecule has 1 aliphatic carbocycles. The van der Waals surface area contributed by atoms with Gasteiger partial charge in [0.25, 0.3) is 5.91 Å². The number of amides is 1. The summed E-state index contributed by atoms with van der Waals surface area (Å²) in [6, 6.07) is 14.8. The molecule has 0 aromatic heterocycles. The number of sulfonamides is 1. The molecule has 30 heavy (non-hydrogen) atoms. The molecule has 2 aromatic carbocycles. The highest BCUT2D eigenvalue weighted by Gasteiger charge is 2.36. The van der Waals surface area contributed by atoms with Crippen LogP contribution in [-0.2, 0) is 16.6 Å². The number of benzene rings is 2. The summed E-state index contributed by atoms with van der Waals surface area (Å²) >= 11 is 3.48. The lowest BCUT2D eigenvalue weighted by Gasteiger charge is -2.30. The van der Waals surface area contributed by atoms with E-state index in [4.69, 9.17) is 0 Å². The van der Waals surface area contributed by atoms with Crippen LogP contribution in [0, 0.1) is 5.92 Å². The molecule has 0 bridgehead atoms. The van der Waals surface area contributed by atoms with Crippen LogP contribution in [0.1, 0.15) is 48.5 Å². The van der Waals surface area contributed by atoms with Crippen LogP contribution in [0.5, 0.6) is 0 Å². The van der Waals surface area contributed by atoms with Gasteiger partial charge in [0.1, 0.15) is 0 Å². The van der Waals surface area contributed by atoms with Crippen LogP contribution in [-0.4, -0.2) is 42.7 Å². The van der Waals surface area contributed by atoms with Crippen molar-refractivity contribution in [3.8, 4) is 0 Å². The molecule has 2 aromatic rings. The van der Waals surface area contributed by atoms with Gasteiger partial charge in [-0.05, 0) is 78.2 Å². The van der Waals surface area contributed by atoms with E-state index in [-0.39, 0.29) is 16.8 Å². The lowest BCUT2D eigenvalue weighted by Crippen LogP contribution is -2.39. The Morgan fingerprint density at radius 2 is 1.80 bits per heavy atom. The fourth-order valence-electron chi connectivity index (χ4n) is 4.07. The second-order valence-electron chi connectivity index (χ2n) is 8.25. The maximum Gasteiger partial charge on any atom is 0.255 e. The first-order valence-corrected chi connectivity index (χ1v) is 12.8. The van der Waals surface area contributed by atoms with E-state index in [1.54, 1.807) is 12.1 Å². The maximum atomic E-state index is 13.6. The maximum absolute atomic E-state index is 13.6. The number of carbonyl (C=O) groups excluding carboxylic acids is 1. The Kier molecular flexibility index (Phi) is 6.32. The molecule has 1 heterocycles. The molecule has 0 N–H and O–H groups in total. The predicted molar refractivity (Wildman–Crippen MR) is 121 cm³/mol. The molecule has 2 fully saturated rings. The summed E-state index contributed by atoms with van der Waals surface area (Å²) in [6.07, 6.45) is 4.02. The Bertz CT molecular complexity index is 1020. The van der Waals surface area contributed by atoms with Gasteiger partial charge in [0, 0.05) is 30.1 Å². The van der Waals surface area contributed by atoms with Gasteiger partial charge >= 0.3 is 0 Å². The van der Waals surface area contributed by atoms with E-state index < -0.39 is 10.0 Å². The summed E-state index contributed by atoms with van der Waals surface area (Å²) in [7, 11) is -3.58. The first-order chi connectivity index (χ1) is 14.4. The van der Waals surface area contributed by atoms with Crippen molar-refractivity contribution >= 4 is 31.9 Å². The highest BCUT2D eigenvalue weighted by Crippen LogP contribution is 2.37. The van der Waals surface area contributed by atoms with Crippen LogP contribution in [0.15, 0.2) is 57.9 Å². The lowest BCUT2D eigenvalue weighted by molar-refractivity contribution is 0.0653. The highest BCUT2D eigenvalue weighted by molar-refractivity contribution is 9.10. The van der Waals surface area contributed by atoms with E-state index in [0.717, 1.165) is 31.2 Å². The zero-order chi connectivity index (χ0) is 21.3. The normalized spacial score (nSPS) is 18.3. The largest absolute Gasteiger partial charge is 0.331 e. The van der Waals surface area contributed by atoms with E-state index >= 15 is 0 Å². The van der Waals surface area contributed by atoms with Gasteiger partial charge in [0.2, 0.25) is 10.0 Å². The standard InChI is InChI=1S/C23H27BrN2O3S/c1-17(19-9-10-19)26(16-18-7-3-2-4-8-18)23(27)21-15-20(11-12-22(21)24)30(28,29)25-13-5-6-14-25/h2-4,7-8,11-12,15,17,19H,5-6,9-10,13-14,16H2,1H3. The molecule has 1 unspecified atom stereocenters. The Balaban J connectivity index is 1.67. The first-order valence-electron chi connectivity index (χ1n) is 10.5. The molecule has 4 rings (SSSR count). The van der Waals surface area contributed by atoms with Crippen molar-refractivity contribution in [2.24, 2.45) is 5.92 Å². The third-order valence-corrected chi connectivity index (χ3v) is 8.71. The summed E-state index contributed by atoms with van der Waals surface area (Å²) in [4.78, 5) is 15.7. The number of hydrogen-bond acceptors (Lipinski definition) is 3. The topological polar surface area (TPSA) is 57.7 Å². The lowest BCUT2D eigenvalue weighted by atomic mass is 10.1. The van der Waals surface area contributed by atoms with Crippen molar-refractivity contribution < 1.29 is 13.2 Å². The van der Waals surface area contributed by atoms with Crippen LogP contribution < -0.4 is 0 Å². The molecular formula is C23H27BrN2O3S. The van der Waals surface area contributed by atoms with Crippen LogP contribution in [0.2, 0.25) is 0 Å². The van der Waals surface area contributed by atoms with E-state index in [1.165, 1.54) is 10.4 Å². The van der Waals surface area contributed by atoms with Crippen molar-refractivity contribution in [2.45, 2.75) is 50.1 Å². The minimum Gasteiger partial charge on any atom is -0.331 e. The highest BCUT2D eigenvalue weighted by atomic mass is 79.9. The molecule has 1 atom stereocenters. The SMILES string of the molecule is CC(C1CC1)N(Cc1ccccc1)C(=O)c1cc(S(=O)(=O)N2CCCC2)ccc1Br. The summed E-state index contributed by atoms with van der Waals surface area (Å²) < 4.78 is 28.2. The van der Waals surface area contributed by atoms with Gasteiger partial charge in [-0.1, -0.05) is 30.3 Å². The third-order valence-electron chi connectivity index (χ3n) is 6.12. The number of hydrogen-bond donors (Lipinski definition) is 0. The molecule has 1 saturated heterocycles. The first kappa shape index (κ1) is 21.5. The van der Waals surface area contributed by atoms with Gasteiger partial charge in [0.15, 0.2) is 0 Å². The molecular weight excluding hydrogens is 464 g/mol. The van der Waals surface area contributed by atoms with Crippen molar-refractivity contribution in [3.05, 3.63) is 64.1 Å². The van der Waals surface area contributed by atoms with E-state index in [2.05, 4.69) is 22.9 Å². The van der Waals surface area contributed by atoms with E-state index in [0.29, 0.717) is 35.6 Å². The number of carbonyl (C=O) groups is 1. The number of rotatable bonds is 7. The Hall–Kier alpha value is -1.70. The zero-order valence-electron chi connectivity index (χ0n) is 17.1. The Morgan fingerprint density at radius 3 is 2.43 bits per heavy atom. The van der Waals surface area contributed by atoms with Crippen LogP contribution in [0.3, 0.4) is 0 Å². The number of halogens is 1. The quantitative estimate of drug-likeness (QED) is 0.566. The van der Waals surface area contributed by atoms with Gasteiger partial charge in [-0.25, -0.2) is 8.42 Å². The minimum atomic E-state index is -3.58. The molecule has 1 amide bonds. The van der Waals surface area contributed by atoms with Crippen LogP contribution >= 0.6 is 15.9 Å². The third kappa shape index (κ3) is 4.48. The van der Waals surface area contributed by atoms with Gasteiger partial charge in [0.05, 0.1) is 10.5 Å². The van der Waals surface area contributed by atoms with Crippen LogP contribution in [0.4, 0.5) is 0 Å². The second-order valence-corrected chi connectivity index (χ2v) is 11.0. The van der Waals surface area contributed by atoms with Crippen molar-refractivity contribution in [2.75, 3.05) is 13.1 Å². The van der Waals surface area contributed by atoms with Crippen molar-refractivity contribution in [3.63, 3.8) is 0 Å². The Morgan fingerprint density at radius 1 is 1.13 bits per heavy atom. The predicted octanol–water partition coefficient (Wildman–Crippen LogP) is 4.67. The zero-order valence-corrected chi connectivity index (χ0v) is 19.5. The molecule has 1 saturated carbocycles. The molecule has 0 radical (unpaired) electrons. The monoisotopic (exact) mass is 490 g/mol. The van der Waals surface area contributed by atoms with Gasteiger partial charge in [-0.3, -0.25) is 4.79 Å². The molecule has 2 aliphatic rings. The number of nitrogens with zero attached hydrogens (tertiary/aromatic N) is 2. The summed E-state index contributed by atoms with van der Waals surface area (Å²) in [6.45, 7) is 3.69. The fourth-order valence-corrected chi connectivity index (χ4v) is 6.04.